The van der Waals surface area contributed by atoms with Crippen LogP contribution in [0.4, 0.5) is 0 Å². The molecule has 2 fully saturated rings. The number of ether oxygens (including phenoxy) is 1. The number of esters is 1. The number of phenolic OH excluding ortho intramolecular Hbond substituents is 1. The van der Waals surface area contributed by atoms with Crippen LogP contribution in [0.5, 0.6) is 5.75 Å². The van der Waals surface area contributed by atoms with Crippen LogP contribution in [0.1, 0.15) is 56.0 Å². The van der Waals surface area contributed by atoms with Crippen molar-refractivity contribution in [3.63, 3.8) is 0 Å². The predicted molar refractivity (Wildman–Crippen MR) is 136 cm³/mol. The first-order chi connectivity index (χ1) is 16.7. The second-order valence-corrected chi connectivity index (χ2v) is 10.8. The summed E-state index contributed by atoms with van der Waals surface area (Å²) in [6.07, 6.45) is 1.96. The van der Waals surface area contributed by atoms with Crippen LogP contribution in [0.25, 0.3) is 0 Å². The van der Waals surface area contributed by atoms with Gasteiger partial charge in [0.15, 0.2) is 0 Å². The number of carbonyl (C=O) groups is 2. The number of carbonyl (C=O) groups excluding carboxylic acids is 2. The van der Waals surface area contributed by atoms with Gasteiger partial charge in [0.2, 0.25) is 0 Å². The highest BCUT2D eigenvalue weighted by atomic mass is 16.5. The van der Waals surface area contributed by atoms with Crippen LogP contribution in [0, 0.1) is 11.8 Å². The lowest BCUT2D eigenvalue weighted by Gasteiger charge is -2.56. The molecule has 4 atom stereocenters. The van der Waals surface area contributed by atoms with Crippen molar-refractivity contribution in [3.8, 4) is 5.75 Å². The number of aromatic hydroxyl groups is 1. The van der Waals surface area contributed by atoms with E-state index in [0.717, 1.165) is 31.5 Å². The summed E-state index contributed by atoms with van der Waals surface area (Å²) >= 11 is 0. The first-order valence-corrected chi connectivity index (χ1v) is 12.7. The number of likely N-dealkylation sites (tertiary alicyclic amines) is 1. The number of piperidine rings is 1. The maximum atomic E-state index is 13.8. The Bertz CT molecular complexity index is 1040. The number of nitrogens with zero attached hydrogens (tertiary/aromatic N) is 2. The molecule has 188 valence electrons. The van der Waals surface area contributed by atoms with E-state index in [0.29, 0.717) is 24.4 Å². The van der Waals surface area contributed by atoms with E-state index >= 15 is 0 Å². The molecule has 0 aromatic heterocycles. The molecule has 0 radical (unpaired) electrons. The molecule has 6 nitrogen and oxygen atoms in total. The van der Waals surface area contributed by atoms with Gasteiger partial charge in [-0.3, -0.25) is 9.59 Å². The SMILES string of the molecule is CC(=O)OC1C[C@H](N(CC(C)C)C(=O)c2ccccc2)C[C@]2(c3cccc(O)c3)CCN(C)C[C@@H]12. The fourth-order valence-electron chi connectivity index (χ4n) is 6.25. The van der Waals surface area contributed by atoms with Crippen LogP contribution in [0.2, 0.25) is 0 Å². The molecule has 1 heterocycles. The molecule has 6 heteroatoms. The average molecular weight is 479 g/mol. The van der Waals surface area contributed by atoms with Crippen LogP contribution in [-0.4, -0.2) is 65.6 Å². The molecule has 1 aliphatic carbocycles. The van der Waals surface area contributed by atoms with Gasteiger partial charge in [-0.1, -0.05) is 44.2 Å². The summed E-state index contributed by atoms with van der Waals surface area (Å²) in [6, 6.07) is 16.9. The molecule has 0 bridgehead atoms. The molecule has 35 heavy (non-hydrogen) atoms. The second-order valence-electron chi connectivity index (χ2n) is 10.8. The summed E-state index contributed by atoms with van der Waals surface area (Å²) < 4.78 is 5.99. The Kier molecular flexibility index (Phi) is 7.50. The standard InChI is InChI=1S/C29H38N2O4/c1-20(2)18-31(28(34)22-9-6-5-7-10-22)24-16-27(35-21(3)32)26-19-30(4)14-13-29(26,17-24)23-11-8-12-25(33)15-23/h5-12,15,20,24,26-27,33H,13-14,16-19H2,1-4H3/t24-,26-,27?,29-/m0/s1. The molecule has 1 saturated heterocycles. The number of rotatable bonds is 6. The zero-order valence-electron chi connectivity index (χ0n) is 21.3. The molecular weight excluding hydrogens is 440 g/mol. The fourth-order valence-corrected chi connectivity index (χ4v) is 6.25. The molecule has 2 aliphatic rings. The van der Waals surface area contributed by atoms with E-state index in [9.17, 15) is 14.7 Å². The minimum absolute atomic E-state index is 0.0170. The molecule has 0 spiro atoms. The van der Waals surface area contributed by atoms with E-state index < -0.39 is 0 Å². The van der Waals surface area contributed by atoms with Crippen molar-refractivity contribution < 1.29 is 19.4 Å². The highest BCUT2D eigenvalue weighted by molar-refractivity contribution is 5.94. The maximum absolute atomic E-state index is 13.8. The van der Waals surface area contributed by atoms with Gasteiger partial charge in [-0.25, -0.2) is 0 Å². The normalized spacial score (nSPS) is 26.7. The number of phenols is 1. The molecular formula is C29H38N2O4. The third-order valence-electron chi connectivity index (χ3n) is 7.73. The van der Waals surface area contributed by atoms with Gasteiger partial charge in [0.05, 0.1) is 0 Å². The van der Waals surface area contributed by atoms with Crippen molar-refractivity contribution >= 4 is 11.9 Å². The minimum atomic E-state index is -0.311. The number of fused-ring (bicyclic) bond motifs is 1. The van der Waals surface area contributed by atoms with Crippen molar-refractivity contribution in [2.45, 2.75) is 57.6 Å². The maximum Gasteiger partial charge on any atom is 0.302 e. The summed E-state index contributed by atoms with van der Waals surface area (Å²) in [4.78, 5) is 30.3. The Morgan fingerprint density at radius 2 is 1.91 bits per heavy atom. The summed E-state index contributed by atoms with van der Waals surface area (Å²) in [5.41, 5.74) is 1.43. The Balaban J connectivity index is 1.79. The zero-order valence-corrected chi connectivity index (χ0v) is 21.3. The number of hydrogen-bond acceptors (Lipinski definition) is 5. The average Bonchev–Trinajstić information content (AvgIpc) is 2.82. The van der Waals surface area contributed by atoms with E-state index in [1.165, 1.54) is 6.92 Å². The zero-order chi connectivity index (χ0) is 25.2. The Morgan fingerprint density at radius 3 is 2.57 bits per heavy atom. The van der Waals surface area contributed by atoms with Gasteiger partial charge in [-0.15, -0.1) is 0 Å². The van der Waals surface area contributed by atoms with Crippen molar-refractivity contribution in [2.75, 3.05) is 26.7 Å². The molecule has 1 unspecified atom stereocenters. The lowest BCUT2D eigenvalue weighted by molar-refractivity contribution is -0.158. The number of benzene rings is 2. The quantitative estimate of drug-likeness (QED) is 0.620. The van der Waals surface area contributed by atoms with Gasteiger partial charge in [0.1, 0.15) is 11.9 Å². The molecule has 1 amide bonds. The highest BCUT2D eigenvalue weighted by Gasteiger charge is 2.54. The van der Waals surface area contributed by atoms with Crippen LogP contribution >= 0.6 is 0 Å². The molecule has 2 aromatic carbocycles. The van der Waals surface area contributed by atoms with E-state index in [1.54, 1.807) is 6.07 Å². The van der Waals surface area contributed by atoms with Crippen LogP contribution in [0.3, 0.4) is 0 Å². The molecule has 2 aromatic rings. The summed E-state index contributed by atoms with van der Waals surface area (Å²) in [5, 5.41) is 10.4. The minimum Gasteiger partial charge on any atom is -0.508 e. The Hall–Kier alpha value is -2.86. The van der Waals surface area contributed by atoms with Crippen LogP contribution in [-0.2, 0) is 14.9 Å². The summed E-state index contributed by atoms with van der Waals surface area (Å²) in [5.74, 6) is 0.333. The third-order valence-corrected chi connectivity index (χ3v) is 7.73. The van der Waals surface area contributed by atoms with Crippen LogP contribution in [0.15, 0.2) is 54.6 Å². The van der Waals surface area contributed by atoms with E-state index in [4.69, 9.17) is 4.74 Å². The van der Waals surface area contributed by atoms with E-state index in [1.807, 2.05) is 47.4 Å². The van der Waals surface area contributed by atoms with Crippen molar-refractivity contribution in [3.05, 3.63) is 65.7 Å². The lowest BCUT2D eigenvalue weighted by atomic mass is 9.56. The largest absolute Gasteiger partial charge is 0.508 e. The van der Waals surface area contributed by atoms with E-state index in [2.05, 4.69) is 31.9 Å². The summed E-state index contributed by atoms with van der Waals surface area (Å²) in [7, 11) is 2.10. The monoisotopic (exact) mass is 478 g/mol. The first-order valence-electron chi connectivity index (χ1n) is 12.7. The molecule has 4 rings (SSSR count). The smallest absolute Gasteiger partial charge is 0.302 e. The van der Waals surface area contributed by atoms with Crippen molar-refractivity contribution in [1.82, 2.24) is 9.80 Å². The van der Waals surface area contributed by atoms with Gasteiger partial charge >= 0.3 is 5.97 Å². The van der Waals surface area contributed by atoms with Gasteiger partial charge < -0.3 is 19.6 Å². The van der Waals surface area contributed by atoms with Crippen molar-refractivity contribution in [1.29, 1.82) is 0 Å². The first kappa shape index (κ1) is 25.2. The highest BCUT2D eigenvalue weighted by Crippen LogP contribution is 2.51. The summed E-state index contributed by atoms with van der Waals surface area (Å²) in [6.45, 7) is 8.06. The second kappa shape index (κ2) is 10.4. The molecule has 1 aliphatic heterocycles. The predicted octanol–water partition coefficient (Wildman–Crippen LogP) is 4.47. The van der Waals surface area contributed by atoms with Crippen molar-refractivity contribution in [2.24, 2.45) is 11.8 Å². The lowest BCUT2D eigenvalue weighted by Crippen LogP contribution is -2.62. The fraction of sp³-hybridized carbons (Fsp3) is 0.517. The topological polar surface area (TPSA) is 70.1 Å². The van der Waals surface area contributed by atoms with Crippen LogP contribution < -0.4 is 0 Å². The van der Waals surface area contributed by atoms with Gasteiger partial charge in [-0.2, -0.15) is 0 Å². The van der Waals surface area contributed by atoms with E-state index in [-0.39, 0.29) is 41.1 Å². The molecule has 1 saturated carbocycles. The third kappa shape index (κ3) is 5.37. The molecule has 1 N–H and O–H groups in total. The number of hydrogen-bond donors (Lipinski definition) is 1. The Labute approximate surface area is 208 Å². The number of amides is 1. The van der Waals surface area contributed by atoms with Gasteiger partial charge in [-0.05, 0) is 62.2 Å². The Morgan fingerprint density at radius 1 is 1.17 bits per heavy atom. The van der Waals surface area contributed by atoms with Gasteiger partial charge in [0.25, 0.3) is 5.91 Å². The van der Waals surface area contributed by atoms with Gasteiger partial charge in [0, 0.05) is 49.4 Å².